The van der Waals surface area contributed by atoms with Gasteiger partial charge in [-0.25, -0.2) is 4.98 Å². The lowest BCUT2D eigenvalue weighted by Gasteiger charge is -2.04. The van der Waals surface area contributed by atoms with Crippen LogP contribution in [0.1, 0.15) is 25.1 Å². The summed E-state index contributed by atoms with van der Waals surface area (Å²) in [5.41, 5.74) is 5.67. The van der Waals surface area contributed by atoms with Crippen molar-refractivity contribution in [1.82, 2.24) is 10.1 Å². The molecule has 3 heterocycles. The van der Waals surface area contributed by atoms with E-state index in [9.17, 15) is 0 Å². The van der Waals surface area contributed by atoms with Crippen molar-refractivity contribution >= 4 is 27.3 Å². The predicted octanol–water partition coefficient (Wildman–Crippen LogP) is 3.59. The van der Waals surface area contributed by atoms with Crippen LogP contribution in [-0.2, 0) is 12.8 Å². The summed E-state index contributed by atoms with van der Waals surface area (Å²) in [6.07, 6.45) is 4.08. The van der Waals surface area contributed by atoms with Gasteiger partial charge in [0.15, 0.2) is 0 Å². The number of fused-ring (bicyclic) bond motifs is 5. The summed E-state index contributed by atoms with van der Waals surface area (Å²) in [4.78, 5) is 4.88. The average molecular weight is 306 g/mol. The number of aromatic amines is 1. The molecule has 116 valence electrons. The second-order valence-corrected chi connectivity index (χ2v) is 5.77. The van der Waals surface area contributed by atoms with Crippen molar-refractivity contribution in [2.24, 2.45) is 0 Å². The third kappa shape index (κ3) is 1.98. The van der Waals surface area contributed by atoms with E-state index in [1.807, 2.05) is 12.1 Å². The van der Waals surface area contributed by atoms with Gasteiger partial charge in [0.1, 0.15) is 16.8 Å². The molecule has 0 radical (unpaired) electrons. The molecule has 0 aliphatic rings. The number of hydrogen-bond donors (Lipinski definition) is 1. The Labute approximate surface area is 134 Å². The lowest BCUT2D eigenvalue weighted by Crippen LogP contribution is -2.28. The van der Waals surface area contributed by atoms with Crippen molar-refractivity contribution in [3.05, 3.63) is 47.8 Å². The molecule has 23 heavy (non-hydrogen) atoms. The molecule has 0 fully saturated rings. The Balaban J connectivity index is 2.15. The topological polar surface area (TPSA) is 42.0 Å². The summed E-state index contributed by atoms with van der Waals surface area (Å²) in [5, 5.41) is 5.81. The highest BCUT2D eigenvalue weighted by molar-refractivity contribution is 6.12. The first-order valence-corrected chi connectivity index (χ1v) is 8.08. The van der Waals surface area contributed by atoms with Crippen molar-refractivity contribution in [3.63, 3.8) is 0 Å². The molecule has 0 unspecified atom stereocenters. The molecule has 0 saturated carbocycles. The van der Waals surface area contributed by atoms with Crippen LogP contribution in [0.5, 0.6) is 5.75 Å². The summed E-state index contributed by atoms with van der Waals surface area (Å²) in [6, 6.07) is 10.5. The number of aromatic nitrogens is 3. The van der Waals surface area contributed by atoms with Gasteiger partial charge in [-0.05, 0) is 24.5 Å². The summed E-state index contributed by atoms with van der Waals surface area (Å²) >= 11 is 0. The Morgan fingerprint density at radius 2 is 1.91 bits per heavy atom. The van der Waals surface area contributed by atoms with Gasteiger partial charge in [0.05, 0.1) is 12.8 Å². The maximum absolute atomic E-state index is 5.47. The van der Waals surface area contributed by atoms with Crippen molar-refractivity contribution in [1.29, 1.82) is 0 Å². The van der Waals surface area contributed by atoms with Crippen LogP contribution in [-0.4, -0.2) is 17.2 Å². The maximum atomic E-state index is 5.47. The zero-order valence-corrected chi connectivity index (χ0v) is 13.7. The molecular formula is C19H20N3O+. The molecule has 0 aliphatic carbocycles. The lowest BCUT2D eigenvalue weighted by atomic mass is 10.1. The number of benzene rings is 1. The van der Waals surface area contributed by atoms with E-state index in [4.69, 9.17) is 9.72 Å². The van der Waals surface area contributed by atoms with E-state index in [0.717, 1.165) is 40.5 Å². The molecule has 0 atom stereocenters. The molecule has 0 saturated heterocycles. The molecule has 4 rings (SSSR count). The van der Waals surface area contributed by atoms with E-state index in [-0.39, 0.29) is 0 Å². The molecule has 1 N–H and O–H groups in total. The van der Waals surface area contributed by atoms with Gasteiger partial charge in [-0.15, -0.1) is 0 Å². The zero-order valence-electron chi connectivity index (χ0n) is 13.7. The second kappa shape index (κ2) is 5.23. The number of ether oxygens (including phenoxy) is 1. The minimum atomic E-state index is 0.821. The molecule has 3 aromatic heterocycles. The molecule has 0 bridgehead atoms. The smallest absolute Gasteiger partial charge is 0.262 e. The van der Waals surface area contributed by atoms with Crippen molar-refractivity contribution in [2.45, 2.75) is 26.7 Å². The van der Waals surface area contributed by atoms with Crippen molar-refractivity contribution in [2.75, 3.05) is 7.11 Å². The maximum Gasteiger partial charge on any atom is 0.262 e. The Bertz CT molecular complexity index is 1030. The van der Waals surface area contributed by atoms with Crippen LogP contribution in [0.15, 0.2) is 36.5 Å². The van der Waals surface area contributed by atoms with E-state index < -0.39 is 0 Å². The Hall–Kier alpha value is -2.62. The Morgan fingerprint density at radius 3 is 2.65 bits per heavy atom. The molecule has 1 aromatic carbocycles. The monoisotopic (exact) mass is 306 g/mol. The third-order valence-electron chi connectivity index (χ3n) is 4.57. The highest BCUT2D eigenvalue weighted by Gasteiger charge is 2.18. The van der Waals surface area contributed by atoms with E-state index in [1.165, 1.54) is 16.6 Å². The van der Waals surface area contributed by atoms with Crippen LogP contribution in [0.3, 0.4) is 0 Å². The SMILES string of the molecule is CCc1cc2c3nc4c(OC)cccc4c3cc[n+]2[nH]c1CC. The summed E-state index contributed by atoms with van der Waals surface area (Å²) in [5.74, 6) is 0.821. The number of nitrogens with zero attached hydrogens (tertiary/aromatic N) is 2. The molecule has 0 spiro atoms. The largest absolute Gasteiger partial charge is 0.494 e. The van der Waals surface area contributed by atoms with Crippen LogP contribution >= 0.6 is 0 Å². The standard InChI is InChI=1S/C19H19N3O/c1-4-12-11-16-18-14(9-10-22(16)21-15(12)5-2)13-7-6-8-17(23-3)19(13)20-18/h6-11H,4-5H2,1-3H3/p+1. The average Bonchev–Trinajstić information content (AvgIpc) is 2.99. The first kappa shape index (κ1) is 14.0. The van der Waals surface area contributed by atoms with Gasteiger partial charge in [0.2, 0.25) is 6.20 Å². The van der Waals surface area contributed by atoms with Crippen LogP contribution in [0.4, 0.5) is 0 Å². The van der Waals surface area contributed by atoms with Gasteiger partial charge in [-0.2, -0.15) is 5.10 Å². The molecule has 4 nitrogen and oxygen atoms in total. The third-order valence-corrected chi connectivity index (χ3v) is 4.57. The summed E-state index contributed by atoms with van der Waals surface area (Å²) < 4.78 is 7.54. The van der Waals surface area contributed by atoms with Crippen molar-refractivity contribution < 1.29 is 9.25 Å². The zero-order chi connectivity index (χ0) is 16.0. The molecular weight excluding hydrogens is 286 g/mol. The predicted molar refractivity (Wildman–Crippen MR) is 92.1 cm³/mol. The number of pyridine rings is 1. The van der Waals surface area contributed by atoms with Crippen LogP contribution in [0.2, 0.25) is 0 Å². The van der Waals surface area contributed by atoms with E-state index in [0.29, 0.717) is 0 Å². The highest BCUT2D eigenvalue weighted by atomic mass is 16.5. The minimum absolute atomic E-state index is 0.821. The van der Waals surface area contributed by atoms with Gasteiger partial charge in [-0.1, -0.05) is 30.5 Å². The number of hydrogen-bond acceptors (Lipinski definition) is 2. The minimum Gasteiger partial charge on any atom is -0.494 e. The second-order valence-electron chi connectivity index (χ2n) is 5.77. The van der Waals surface area contributed by atoms with Crippen molar-refractivity contribution in [3.8, 4) is 5.75 Å². The molecule has 0 amide bonds. The summed E-state index contributed by atoms with van der Waals surface area (Å²) in [7, 11) is 1.69. The number of para-hydroxylation sites is 1. The van der Waals surface area contributed by atoms with Gasteiger partial charge in [0.25, 0.3) is 5.52 Å². The van der Waals surface area contributed by atoms with Gasteiger partial charge in [-0.3, -0.25) is 0 Å². The number of aryl methyl sites for hydroxylation is 2. The van der Waals surface area contributed by atoms with E-state index >= 15 is 0 Å². The van der Waals surface area contributed by atoms with Crippen LogP contribution in [0.25, 0.3) is 27.3 Å². The number of methoxy groups -OCH3 is 1. The number of H-pyrrole nitrogens is 1. The van der Waals surface area contributed by atoms with E-state index in [2.05, 4.69) is 47.9 Å². The Kier molecular flexibility index (Phi) is 3.18. The first-order valence-electron chi connectivity index (χ1n) is 8.08. The fourth-order valence-electron chi connectivity index (χ4n) is 3.35. The molecule has 4 heteroatoms. The Morgan fingerprint density at radius 1 is 1.09 bits per heavy atom. The first-order chi connectivity index (χ1) is 11.3. The summed E-state index contributed by atoms with van der Waals surface area (Å²) in [6.45, 7) is 4.37. The van der Waals surface area contributed by atoms with Gasteiger partial charge in [0, 0.05) is 22.9 Å². The molecule has 0 aliphatic heterocycles. The normalized spacial score (nSPS) is 11.6. The quantitative estimate of drug-likeness (QED) is 0.588. The number of rotatable bonds is 3. The fourth-order valence-corrected chi connectivity index (χ4v) is 3.35. The van der Waals surface area contributed by atoms with E-state index in [1.54, 1.807) is 7.11 Å². The highest BCUT2D eigenvalue weighted by Crippen LogP contribution is 2.32. The van der Waals surface area contributed by atoms with Gasteiger partial charge < -0.3 is 4.74 Å². The van der Waals surface area contributed by atoms with Crippen LogP contribution < -0.4 is 9.25 Å². The lowest BCUT2D eigenvalue weighted by molar-refractivity contribution is -0.580. The number of nitrogens with one attached hydrogen (secondary N) is 1. The molecule has 4 aromatic rings. The van der Waals surface area contributed by atoms with Crippen LogP contribution in [0, 0.1) is 0 Å². The van der Waals surface area contributed by atoms with Gasteiger partial charge >= 0.3 is 0 Å². The fraction of sp³-hybridized carbons (Fsp3) is 0.263.